The summed E-state index contributed by atoms with van der Waals surface area (Å²) in [6.07, 6.45) is 2.78. The van der Waals surface area contributed by atoms with E-state index in [-0.39, 0.29) is 0 Å². The van der Waals surface area contributed by atoms with Crippen LogP contribution < -0.4 is 5.32 Å². The fraction of sp³-hybridized carbons (Fsp3) is 0.833. The van der Waals surface area contributed by atoms with Crippen LogP contribution >= 0.6 is 0 Å². The first-order valence-corrected chi connectivity index (χ1v) is 6.49. The summed E-state index contributed by atoms with van der Waals surface area (Å²) in [6.45, 7) is 7.06. The Morgan fingerprint density at radius 2 is 2.29 bits per heavy atom. The molecule has 2 heterocycles. The molecule has 5 heteroatoms. The molecule has 1 N–H and O–H groups in total. The van der Waals surface area contributed by atoms with Crippen LogP contribution in [-0.2, 0) is 6.54 Å². The summed E-state index contributed by atoms with van der Waals surface area (Å²) in [5, 5.41) is 7.49. The quantitative estimate of drug-likeness (QED) is 0.847. The molecule has 0 spiro atoms. The first-order chi connectivity index (χ1) is 8.22. The topological polar surface area (TPSA) is 54.2 Å². The van der Waals surface area contributed by atoms with Gasteiger partial charge in [0.1, 0.15) is 0 Å². The van der Waals surface area contributed by atoms with Gasteiger partial charge in [-0.1, -0.05) is 5.16 Å². The van der Waals surface area contributed by atoms with Crippen LogP contribution in [0, 0.1) is 12.8 Å². The average Bonchev–Trinajstić information content (AvgIpc) is 3.07. The van der Waals surface area contributed by atoms with Crippen molar-refractivity contribution in [2.75, 3.05) is 13.1 Å². The molecule has 0 radical (unpaired) electrons. The van der Waals surface area contributed by atoms with Crippen molar-refractivity contribution in [3.63, 3.8) is 0 Å². The molecule has 2 aliphatic rings. The molecular formula is C12H20N4O. The third kappa shape index (κ3) is 2.50. The van der Waals surface area contributed by atoms with Gasteiger partial charge in [0.25, 0.3) is 0 Å². The highest BCUT2D eigenvalue weighted by molar-refractivity contribution is 4.95. The molecule has 1 aliphatic carbocycles. The zero-order valence-corrected chi connectivity index (χ0v) is 10.5. The molecule has 1 saturated heterocycles. The van der Waals surface area contributed by atoms with Gasteiger partial charge in [0.2, 0.25) is 5.89 Å². The second-order valence-electron chi connectivity index (χ2n) is 5.37. The third-order valence-corrected chi connectivity index (χ3v) is 3.83. The number of nitrogens with one attached hydrogen (secondary N) is 1. The van der Waals surface area contributed by atoms with Crippen LogP contribution in [0.25, 0.3) is 0 Å². The molecule has 94 valence electrons. The molecule has 0 amide bonds. The standard InChI is InChI=1S/C12H20N4O/c1-8-5-13-11(10-3-4-10)6-16(8)7-12-14-9(2)15-17-12/h8,10-11,13H,3-7H2,1-2H3. The van der Waals surface area contributed by atoms with Crippen molar-refractivity contribution in [3.8, 4) is 0 Å². The molecule has 3 rings (SSSR count). The number of rotatable bonds is 3. The number of hydrogen-bond acceptors (Lipinski definition) is 5. The Balaban J connectivity index is 1.63. The van der Waals surface area contributed by atoms with E-state index in [9.17, 15) is 0 Å². The van der Waals surface area contributed by atoms with Crippen molar-refractivity contribution in [2.45, 2.75) is 45.3 Å². The van der Waals surface area contributed by atoms with Gasteiger partial charge in [-0.25, -0.2) is 0 Å². The van der Waals surface area contributed by atoms with Crippen molar-refractivity contribution in [2.24, 2.45) is 5.92 Å². The van der Waals surface area contributed by atoms with Crippen molar-refractivity contribution in [3.05, 3.63) is 11.7 Å². The molecule has 5 nitrogen and oxygen atoms in total. The molecule has 17 heavy (non-hydrogen) atoms. The van der Waals surface area contributed by atoms with Crippen LogP contribution in [0.4, 0.5) is 0 Å². The fourth-order valence-electron chi connectivity index (χ4n) is 2.56. The van der Waals surface area contributed by atoms with E-state index in [1.54, 1.807) is 0 Å². The minimum Gasteiger partial charge on any atom is -0.338 e. The fourth-order valence-corrected chi connectivity index (χ4v) is 2.56. The van der Waals surface area contributed by atoms with Crippen molar-refractivity contribution >= 4 is 0 Å². The Kier molecular flexibility index (Phi) is 2.88. The number of piperazine rings is 1. The number of hydrogen-bond donors (Lipinski definition) is 1. The minimum atomic E-state index is 0.539. The van der Waals surface area contributed by atoms with Gasteiger partial charge >= 0.3 is 0 Å². The summed E-state index contributed by atoms with van der Waals surface area (Å²) in [5.41, 5.74) is 0. The second kappa shape index (κ2) is 4.38. The summed E-state index contributed by atoms with van der Waals surface area (Å²) in [6, 6.07) is 1.20. The Bertz CT molecular complexity index is 388. The van der Waals surface area contributed by atoms with E-state index in [4.69, 9.17) is 4.52 Å². The summed E-state index contributed by atoms with van der Waals surface area (Å²) in [7, 11) is 0. The van der Waals surface area contributed by atoms with E-state index in [0.29, 0.717) is 12.1 Å². The van der Waals surface area contributed by atoms with Gasteiger partial charge in [-0.3, -0.25) is 4.90 Å². The Hall–Kier alpha value is -0.940. The van der Waals surface area contributed by atoms with Gasteiger partial charge in [0, 0.05) is 25.2 Å². The van der Waals surface area contributed by atoms with E-state index in [0.717, 1.165) is 37.3 Å². The van der Waals surface area contributed by atoms with Crippen molar-refractivity contribution in [1.29, 1.82) is 0 Å². The monoisotopic (exact) mass is 236 g/mol. The lowest BCUT2D eigenvalue weighted by atomic mass is 10.1. The Labute approximate surface area is 102 Å². The van der Waals surface area contributed by atoms with Crippen molar-refractivity contribution in [1.82, 2.24) is 20.4 Å². The molecule has 0 bridgehead atoms. The highest BCUT2D eigenvalue weighted by Gasteiger charge is 2.36. The molecule has 2 atom stereocenters. The maximum Gasteiger partial charge on any atom is 0.240 e. The smallest absolute Gasteiger partial charge is 0.240 e. The highest BCUT2D eigenvalue weighted by atomic mass is 16.5. The van der Waals surface area contributed by atoms with E-state index in [1.807, 2.05) is 6.92 Å². The summed E-state index contributed by atoms with van der Waals surface area (Å²) in [4.78, 5) is 6.74. The normalized spacial score (nSPS) is 30.7. The first kappa shape index (κ1) is 11.2. The lowest BCUT2D eigenvalue weighted by Gasteiger charge is -2.38. The van der Waals surface area contributed by atoms with Crippen LogP contribution in [0.1, 0.15) is 31.5 Å². The Morgan fingerprint density at radius 3 is 2.94 bits per heavy atom. The van der Waals surface area contributed by atoms with Crippen LogP contribution in [0.3, 0.4) is 0 Å². The zero-order valence-electron chi connectivity index (χ0n) is 10.5. The number of aryl methyl sites for hydroxylation is 1. The summed E-state index contributed by atoms with van der Waals surface area (Å²) in [5.74, 6) is 2.36. The predicted octanol–water partition coefficient (Wildman–Crippen LogP) is 0.950. The molecule has 1 aliphatic heterocycles. The van der Waals surface area contributed by atoms with Gasteiger partial charge in [-0.2, -0.15) is 4.98 Å². The van der Waals surface area contributed by atoms with Gasteiger partial charge in [0.15, 0.2) is 5.82 Å². The second-order valence-corrected chi connectivity index (χ2v) is 5.37. The van der Waals surface area contributed by atoms with Gasteiger partial charge in [-0.15, -0.1) is 0 Å². The molecule has 1 aromatic rings. The molecule has 0 aromatic carbocycles. The van der Waals surface area contributed by atoms with E-state index < -0.39 is 0 Å². The number of nitrogens with zero attached hydrogens (tertiary/aromatic N) is 3. The SMILES string of the molecule is Cc1noc(CN2CC(C3CC3)NCC2C)n1. The van der Waals surface area contributed by atoms with Gasteiger partial charge in [-0.05, 0) is 32.6 Å². The number of aromatic nitrogens is 2. The Morgan fingerprint density at radius 1 is 1.47 bits per heavy atom. The van der Waals surface area contributed by atoms with E-state index in [1.165, 1.54) is 12.8 Å². The molecule has 2 unspecified atom stereocenters. The zero-order chi connectivity index (χ0) is 11.8. The highest BCUT2D eigenvalue weighted by Crippen LogP contribution is 2.34. The first-order valence-electron chi connectivity index (χ1n) is 6.49. The lowest BCUT2D eigenvalue weighted by Crippen LogP contribution is -2.55. The molecule has 1 saturated carbocycles. The van der Waals surface area contributed by atoms with Crippen LogP contribution in [0.2, 0.25) is 0 Å². The molecule has 1 aromatic heterocycles. The molecule has 2 fully saturated rings. The maximum atomic E-state index is 5.20. The minimum absolute atomic E-state index is 0.539. The summed E-state index contributed by atoms with van der Waals surface area (Å²) >= 11 is 0. The predicted molar refractivity (Wildman–Crippen MR) is 63.4 cm³/mol. The van der Waals surface area contributed by atoms with Gasteiger partial charge < -0.3 is 9.84 Å². The van der Waals surface area contributed by atoms with Gasteiger partial charge in [0.05, 0.1) is 6.54 Å². The third-order valence-electron chi connectivity index (χ3n) is 3.83. The molecular weight excluding hydrogens is 216 g/mol. The van der Waals surface area contributed by atoms with Crippen LogP contribution in [-0.4, -0.2) is 40.2 Å². The van der Waals surface area contributed by atoms with Crippen LogP contribution in [0.5, 0.6) is 0 Å². The average molecular weight is 236 g/mol. The van der Waals surface area contributed by atoms with E-state index in [2.05, 4.69) is 27.3 Å². The van der Waals surface area contributed by atoms with E-state index >= 15 is 0 Å². The van der Waals surface area contributed by atoms with Crippen LogP contribution in [0.15, 0.2) is 4.52 Å². The summed E-state index contributed by atoms with van der Waals surface area (Å²) < 4.78 is 5.20. The largest absolute Gasteiger partial charge is 0.338 e. The maximum absolute atomic E-state index is 5.20. The lowest BCUT2D eigenvalue weighted by molar-refractivity contribution is 0.111. The van der Waals surface area contributed by atoms with Crippen molar-refractivity contribution < 1.29 is 4.52 Å².